The first kappa shape index (κ1) is 15.6. The Morgan fingerprint density at radius 1 is 1.20 bits per heavy atom. The molecule has 0 radical (unpaired) electrons. The molecule has 0 bridgehead atoms. The molecule has 1 aliphatic heterocycles. The number of aromatic nitrogens is 4. The Labute approximate surface area is 149 Å². The molecule has 0 fully saturated rings. The van der Waals surface area contributed by atoms with E-state index in [1.165, 1.54) is 0 Å². The first-order chi connectivity index (χ1) is 12.0. The number of aromatic amines is 1. The third kappa shape index (κ3) is 2.64. The maximum absolute atomic E-state index is 5.48. The quantitative estimate of drug-likeness (QED) is 0.578. The monoisotopic (exact) mass is 355 g/mol. The van der Waals surface area contributed by atoms with Crippen molar-refractivity contribution in [2.24, 2.45) is 5.10 Å². The van der Waals surface area contributed by atoms with Crippen LogP contribution in [0.3, 0.4) is 0 Å². The average Bonchev–Trinajstić information content (AvgIpc) is 3.25. The molecular weight excluding hydrogens is 338 g/mol. The summed E-state index contributed by atoms with van der Waals surface area (Å²) in [5.41, 5.74) is 4.21. The summed E-state index contributed by atoms with van der Waals surface area (Å²) in [7, 11) is 0. The van der Waals surface area contributed by atoms with E-state index in [9.17, 15) is 0 Å². The minimum absolute atomic E-state index is 0.269. The highest BCUT2D eigenvalue weighted by molar-refractivity contribution is 7.71. The molecule has 4 rings (SSSR count). The van der Waals surface area contributed by atoms with Gasteiger partial charge < -0.3 is 14.0 Å². The van der Waals surface area contributed by atoms with E-state index in [2.05, 4.69) is 39.8 Å². The molecule has 0 saturated heterocycles. The molecule has 0 amide bonds. The van der Waals surface area contributed by atoms with Crippen LogP contribution in [0.25, 0.3) is 5.69 Å². The van der Waals surface area contributed by atoms with Gasteiger partial charge in [0.15, 0.2) is 11.5 Å². The van der Waals surface area contributed by atoms with Gasteiger partial charge in [0.1, 0.15) is 5.82 Å². The molecule has 3 aromatic rings. The predicted molar refractivity (Wildman–Crippen MR) is 96.5 cm³/mol. The largest absolute Gasteiger partial charge is 0.454 e. The normalized spacial score (nSPS) is 13.1. The number of hydrogen-bond acceptors (Lipinski definition) is 5. The predicted octanol–water partition coefficient (Wildman–Crippen LogP) is 3.27. The van der Waals surface area contributed by atoms with Crippen LogP contribution in [-0.4, -0.2) is 32.4 Å². The maximum Gasteiger partial charge on any atom is 0.231 e. The van der Waals surface area contributed by atoms with Crippen LogP contribution in [0.1, 0.15) is 22.8 Å². The Kier molecular flexibility index (Phi) is 3.69. The molecule has 0 saturated carbocycles. The van der Waals surface area contributed by atoms with E-state index in [0.29, 0.717) is 10.6 Å². The van der Waals surface area contributed by atoms with Gasteiger partial charge in [0, 0.05) is 28.7 Å². The van der Waals surface area contributed by atoms with Crippen LogP contribution in [0.15, 0.2) is 29.4 Å². The van der Waals surface area contributed by atoms with Crippen LogP contribution in [0, 0.1) is 25.5 Å². The second-order valence-electron chi connectivity index (χ2n) is 5.83. The minimum atomic E-state index is 0.269. The van der Waals surface area contributed by atoms with Gasteiger partial charge >= 0.3 is 0 Å². The van der Waals surface area contributed by atoms with Gasteiger partial charge in [-0.15, -0.1) is 0 Å². The molecule has 1 aromatic carbocycles. The number of H-pyrrole nitrogens is 1. The van der Waals surface area contributed by atoms with Crippen molar-refractivity contribution < 1.29 is 9.47 Å². The summed E-state index contributed by atoms with van der Waals surface area (Å²) in [4.78, 5) is 0. The number of aryl methyl sites for hydroxylation is 2. The van der Waals surface area contributed by atoms with Gasteiger partial charge in [-0.25, -0.2) is 0 Å². The van der Waals surface area contributed by atoms with Crippen molar-refractivity contribution in [3.8, 4) is 17.2 Å². The van der Waals surface area contributed by atoms with E-state index in [0.717, 1.165) is 34.1 Å². The van der Waals surface area contributed by atoms with Crippen LogP contribution in [0.5, 0.6) is 11.5 Å². The van der Waals surface area contributed by atoms with Crippen LogP contribution >= 0.6 is 12.2 Å². The van der Waals surface area contributed by atoms with Crippen molar-refractivity contribution in [1.29, 1.82) is 0 Å². The molecule has 0 spiro atoms. The molecule has 2 aromatic heterocycles. The Hall–Kier alpha value is -2.87. The van der Waals surface area contributed by atoms with Crippen molar-refractivity contribution in [3.63, 3.8) is 0 Å². The van der Waals surface area contributed by atoms with E-state index in [1.54, 1.807) is 10.9 Å². The fourth-order valence-electron chi connectivity index (χ4n) is 2.97. The number of nitrogens with one attached hydrogen (secondary N) is 1. The number of hydrogen-bond donors (Lipinski definition) is 1. The third-order valence-electron chi connectivity index (χ3n) is 4.21. The van der Waals surface area contributed by atoms with Crippen molar-refractivity contribution in [1.82, 2.24) is 19.4 Å². The van der Waals surface area contributed by atoms with Crippen molar-refractivity contribution in [2.75, 3.05) is 6.79 Å². The summed E-state index contributed by atoms with van der Waals surface area (Å²) >= 11 is 5.17. The highest BCUT2D eigenvalue weighted by atomic mass is 32.1. The second-order valence-corrected chi connectivity index (χ2v) is 6.22. The Bertz CT molecular complexity index is 1040. The molecule has 0 aliphatic carbocycles. The summed E-state index contributed by atoms with van der Waals surface area (Å²) in [6, 6.07) is 8.02. The average molecular weight is 355 g/mol. The number of ether oxygens (including phenoxy) is 2. The lowest BCUT2D eigenvalue weighted by molar-refractivity contribution is 0.174. The van der Waals surface area contributed by atoms with E-state index >= 15 is 0 Å². The molecule has 7 nitrogen and oxygen atoms in total. The van der Waals surface area contributed by atoms with Gasteiger partial charge in [-0.3, -0.25) is 5.10 Å². The third-order valence-corrected chi connectivity index (χ3v) is 4.47. The fraction of sp³-hybridized carbons (Fsp3) is 0.235. The highest BCUT2D eigenvalue weighted by Gasteiger charge is 2.16. The van der Waals surface area contributed by atoms with E-state index in [4.69, 9.17) is 21.7 Å². The Balaban J connectivity index is 1.73. The molecule has 0 atom stereocenters. The summed E-state index contributed by atoms with van der Waals surface area (Å²) in [6.07, 6.45) is 1.80. The van der Waals surface area contributed by atoms with Crippen LogP contribution < -0.4 is 9.47 Å². The topological polar surface area (TPSA) is 69.4 Å². The molecule has 128 valence electrons. The van der Waals surface area contributed by atoms with E-state index < -0.39 is 0 Å². The van der Waals surface area contributed by atoms with Gasteiger partial charge in [0.05, 0.1) is 6.21 Å². The van der Waals surface area contributed by atoms with Crippen LogP contribution in [0.2, 0.25) is 0 Å². The first-order valence-electron chi connectivity index (χ1n) is 7.82. The molecule has 25 heavy (non-hydrogen) atoms. The van der Waals surface area contributed by atoms with Crippen molar-refractivity contribution >= 4 is 18.4 Å². The lowest BCUT2D eigenvalue weighted by Gasteiger charge is -2.10. The molecule has 0 unspecified atom stereocenters. The number of rotatable bonds is 3. The summed E-state index contributed by atoms with van der Waals surface area (Å²) < 4.78 is 15.1. The van der Waals surface area contributed by atoms with Crippen LogP contribution in [-0.2, 0) is 0 Å². The standard InChI is InChI=1S/C17H17N5O2S/c1-10-6-13(8-18-22-12(3)19-20-17(22)25)11(2)21(10)14-4-5-15-16(7-14)24-9-23-15/h4-8H,9H2,1-3H3,(H,20,25)/b18-8-. The van der Waals surface area contributed by atoms with Crippen LogP contribution in [0.4, 0.5) is 0 Å². The zero-order valence-corrected chi connectivity index (χ0v) is 14.9. The Morgan fingerprint density at radius 2 is 2.00 bits per heavy atom. The first-order valence-corrected chi connectivity index (χ1v) is 8.23. The van der Waals surface area contributed by atoms with Gasteiger partial charge in [-0.2, -0.15) is 14.9 Å². The summed E-state index contributed by atoms with van der Waals surface area (Å²) in [5, 5.41) is 11.2. The molecule has 1 aliphatic rings. The highest BCUT2D eigenvalue weighted by Crippen LogP contribution is 2.34. The van der Waals surface area contributed by atoms with Crippen molar-refractivity contribution in [3.05, 3.63) is 51.8 Å². The lowest BCUT2D eigenvalue weighted by atomic mass is 10.2. The minimum Gasteiger partial charge on any atom is -0.454 e. The molecule has 1 N–H and O–H groups in total. The number of benzene rings is 1. The maximum atomic E-state index is 5.48. The van der Waals surface area contributed by atoms with Gasteiger partial charge in [0.2, 0.25) is 11.6 Å². The second kappa shape index (κ2) is 5.89. The lowest BCUT2D eigenvalue weighted by Crippen LogP contribution is -2.00. The van der Waals surface area contributed by atoms with Crippen molar-refractivity contribution in [2.45, 2.75) is 20.8 Å². The number of fused-ring (bicyclic) bond motifs is 1. The van der Waals surface area contributed by atoms with Gasteiger partial charge in [0.25, 0.3) is 0 Å². The molecular formula is C17H17N5O2S. The van der Waals surface area contributed by atoms with E-state index in [-0.39, 0.29) is 6.79 Å². The molecule has 8 heteroatoms. The molecule has 3 heterocycles. The SMILES string of the molecule is Cc1cc(/C=N\n2c(C)n[nH]c2=S)c(C)n1-c1ccc2c(c1)OCO2. The number of nitrogens with zero attached hydrogens (tertiary/aromatic N) is 4. The summed E-state index contributed by atoms with van der Waals surface area (Å²) in [5.74, 6) is 2.25. The zero-order chi connectivity index (χ0) is 17.6. The van der Waals surface area contributed by atoms with Gasteiger partial charge in [-0.05, 0) is 51.2 Å². The van der Waals surface area contributed by atoms with E-state index in [1.807, 2.05) is 25.1 Å². The Morgan fingerprint density at radius 3 is 2.76 bits per heavy atom. The zero-order valence-electron chi connectivity index (χ0n) is 14.1. The van der Waals surface area contributed by atoms with Gasteiger partial charge in [-0.1, -0.05) is 0 Å². The fourth-order valence-corrected chi connectivity index (χ4v) is 3.19. The summed E-state index contributed by atoms with van der Waals surface area (Å²) in [6.45, 7) is 6.23. The smallest absolute Gasteiger partial charge is 0.231 e.